The van der Waals surface area contributed by atoms with E-state index in [1.165, 1.54) is 25.1 Å². The van der Waals surface area contributed by atoms with E-state index in [4.69, 9.17) is 9.47 Å². The molecule has 0 bridgehead atoms. The molecule has 0 radical (unpaired) electrons. The molecule has 0 saturated heterocycles. The monoisotopic (exact) mass is 431 g/mol. The van der Waals surface area contributed by atoms with Gasteiger partial charge in [-0.05, 0) is 81.8 Å². The van der Waals surface area contributed by atoms with Crippen LogP contribution in [0.2, 0.25) is 0 Å². The molecule has 0 aliphatic heterocycles. The van der Waals surface area contributed by atoms with Gasteiger partial charge < -0.3 is 9.47 Å². The summed E-state index contributed by atoms with van der Waals surface area (Å²) in [5.41, 5.74) is 1.52. The first-order valence-corrected chi connectivity index (χ1v) is 12.1. The van der Waals surface area contributed by atoms with Crippen molar-refractivity contribution in [2.75, 3.05) is 0 Å². The summed E-state index contributed by atoms with van der Waals surface area (Å²) in [6.45, 7) is 6.02. The Balaban J connectivity index is 1.53. The van der Waals surface area contributed by atoms with E-state index in [2.05, 4.69) is 60.7 Å². The third kappa shape index (κ3) is 3.59. The fourth-order valence-corrected chi connectivity index (χ4v) is 7.39. The topological polar surface area (TPSA) is 35.5 Å². The average molecular weight is 432 g/mol. The van der Waals surface area contributed by atoms with E-state index in [-0.39, 0.29) is 10.5 Å². The summed E-state index contributed by atoms with van der Waals surface area (Å²) in [7, 11) is -0.164. The smallest absolute Gasteiger partial charge is 0.428 e. The van der Waals surface area contributed by atoms with Gasteiger partial charge in [0, 0.05) is 33.4 Å². The highest BCUT2D eigenvalue weighted by atomic mass is 32.2. The second kappa shape index (κ2) is 7.69. The molecule has 1 fully saturated rings. The maximum absolute atomic E-state index is 12.5. The van der Waals surface area contributed by atoms with Gasteiger partial charge in [0.2, 0.25) is 0 Å². The van der Waals surface area contributed by atoms with Crippen LogP contribution in [0.1, 0.15) is 43.7 Å². The number of aryl methyl sites for hydroxylation is 2. The summed E-state index contributed by atoms with van der Waals surface area (Å²) in [4.78, 5) is 13.7. The lowest BCUT2D eigenvalue weighted by atomic mass is 10.1. The second-order valence-corrected chi connectivity index (χ2v) is 10.8. The number of ether oxygens (including phenoxy) is 2. The van der Waals surface area contributed by atoms with Gasteiger partial charge in [-0.15, -0.1) is 0 Å². The molecule has 1 aliphatic rings. The van der Waals surface area contributed by atoms with E-state index < -0.39 is 11.8 Å². The van der Waals surface area contributed by atoms with Gasteiger partial charge in [-0.3, -0.25) is 0 Å². The van der Waals surface area contributed by atoms with E-state index >= 15 is 0 Å². The number of benzene rings is 3. The molecule has 31 heavy (non-hydrogen) atoms. The van der Waals surface area contributed by atoms with Gasteiger partial charge in [-0.25, -0.2) is 4.79 Å². The quantitative estimate of drug-likeness (QED) is 0.186. The average Bonchev–Trinajstić information content (AvgIpc) is 3.32. The molecule has 158 valence electrons. The van der Waals surface area contributed by atoms with E-state index in [1.54, 1.807) is 0 Å². The Kier molecular flexibility index (Phi) is 4.98. The van der Waals surface area contributed by atoms with Gasteiger partial charge in [-0.2, -0.15) is 0 Å². The number of fused-ring (bicyclic) bond motifs is 3. The minimum absolute atomic E-state index is 0.164. The predicted molar refractivity (Wildman–Crippen MR) is 129 cm³/mol. The first-order chi connectivity index (χ1) is 15.0. The van der Waals surface area contributed by atoms with Crippen molar-refractivity contribution in [1.29, 1.82) is 0 Å². The normalized spacial score (nSPS) is 15.5. The Bertz CT molecular complexity index is 1220. The minimum Gasteiger partial charge on any atom is -0.428 e. The van der Waals surface area contributed by atoms with Crippen molar-refractivity contribution in [3.8, 4) is 10.6 Å². The van der Waals surface area contributed by atoms with Crippen molar-refractivity contribution in [1.82, 2.24) is 0 Å². The van der Waals surface area contributed by atoms with E-state index in [1.807, 2.05) is 20.8 Å². The fraction of sp³-hybridized carbons (Fsp3) is 0.296. The molecule has 3 nitrogen and oxygen atoms in total. The zero-order valence-electron chi connectivity index (χ0n) is 18.2. The highest BCUT2D eigenvalue weighted by molar-refractivity contribution is 7.50. The fourth-order valence-electron chi connectivity index (χ4n) is 4.83. The lowest BCUT2D eigenvalue weighted by Gasteiger charge is -2.23. The summed E-state index contributed by atoms with van der Waals surface area (Å²) in [5.74, 6) is 0.611. The molecule has 0 N–H and O–H groups in total. The summed E-state index contributed by atoms with van der Waals surface area (Å²) >= 11 is 0. The van der Waals surface area contributed by atoms with Crippen molar-refractivity contribution in [2.45, 2.75) is 52.1 Å². The van der Waals surface area contributed by atoms with Crippen LogP contribution in [0.25, 0.3) is 25.1 Å². The van der Waals surface area contributed by atoms with Crippen LogP contribution in [0.4, 0.5) is 4.79 Å². The van der Waals surface area contributed by atoms with Crippen LogP contribution in [0, 0.1) is 13.8 Å². The molecule has 4 aromatic rings. The molecule has 1 aliphatic carbocycles. The predicted octanol–water partition coefficient (Wildman–Crippen LogP) is 8.20. The Hall–Kier alpha value is -2.85. The highest BCUT2D eigenvalue weighted by Crippen LogP contribution is 2.49. The first-order valence-electron chi connectivity index (χ1n) is 10.9. The number of rotatable bonds is 3. The number of hydrogen-bond donors (Lipinski definition) is 0. The van der Waals surface area contributed by atoms with Crippen molar-refractivity contribution in [2.24, 2.45) is 0 Å². The van der Waals surface area contributed by atoms with Gasteiger partial charge in [0.1, 0.15) is 11.4 Å². The van der Waals surface area contributed by atoms with Gasteiger partial charge in [0.25, 0.3) is 0 Å². The molecule has 0 spiro atoms. The van der Waals surface area contributed by atoms with Crippen molar-refractivity contribution < 1.29 is 14.3 Å². The first kappa shape index (κ1) is 20.1. The molecule has 1 saturated carbocycles. The number of carbonyl (C=O) groups excluding carboxylic acids is 1. The molecule has 4 heteroatoms. The zero-order chi connectivity index (χ0) is 21.6. The van der Waals surface area contributed by atoms with Crippen molar-refractivity contribution in [3.63, 3.8) is 0 Å². The number of thiophene rings is 1. The minimum atomic E-state index is -0.595. The van der Waals surface area contributed by atoms with Crippen LogP contribution in [0.3, 0.4) is 0 Å². The van der Waals surface area contributed by atoms with Crippen LogP contribution in [0.5, 0.6) is 5.75 Å². The SMILES string of the molecule is Cc1cc(-[s+]2c3ccccc3c3ccccc32)cc(C)c1OC(=O)OC1(C)CCCC1. The molecular formula is C27H27O3S+. The van der Waals surface area contributed by atoms with Gasteiger partial charge in [0.15, 0.2) is 14.3 Å². The molecule has 5 rings (SSSR count). The maximum Gasteiger partial charge on any atom is 0.514 e. The van der Waals surface area contributed by atoms with Crippen LogP contribution >= 0.6 is 10.5 Å². The Labute approximate surface area is 185 Å². The molecule has 1 aromatic heterocycles. The van der Waals surface area contributed by atoms with Crippen LogP contribution < -0.4 is 4.74 Å². The van der Waals surface area contributed by atoms with E-state index in [0.29, 0.717) is 5.75 Å². The third-order valence-electron chi connectivity index (χ3n) is 6.35. The summed E-state index contributed by atoms with van der Waals surface area (Å²) in [5, 5.41) is 2.62. The van der Waals surface area contributed by atoms with Gasteiger partial charge in [0.05, 0.1) is 0 Å². The van der Waals surface area contributed by atoms with Gasteiger partial charge >= 0.3 is 6.16 Å². The largest absolute Gasteiger partial charge is 0.514 e. The Morgan fingerprint density at radius 3 is 1.94 bits per heavy atom. The third-order valence-corrected chi connectivity index (χ3v) is 8.65. The molecule has 1 heterocycles. The van der Waals surface area contributed by atoms with Crippen molar-refractivity contribution >= 4 is 36.8 Å². The molecule has 3 aromatic carbocycles. The highest BCUT2D eigenvalue weighted by Gasteiger charge is 2.34. The van der Waals surface area contributed by atoms with Gasteiger partial charge in [-0.1, -0.05) is 24.3 Å². The maximum atomic E-state index is 12.5. The lowest BCUT2D eigenvalue weighted by Crippen LogP contribution is -2.29. The molecule has 0 atom stereocenters. The molecular weight excluding hydrogens is 404 g/mol. The lowest BCUT2D eigenvalue weighted by molar-refractivity contribution is 0.00181. The standard InChI is InChI=1S/C27H27O3S/c1-18-16-20(17-19(2)25(18)29-26(28)30-27(3)14-8-9-15-27)31-23-12-6-4-10-21(23)22-11-5-7-13-24(22)31/h4-7,10-13,16-17H,8-9,14-15H2,1-3H3/q+1. The van der Waals surface area contributed by atoms with Crippen LogP contribution in [-0.4, -0.2) is 11.8 Å². The summed E-state index contributed by atoms with van der Waals surface area (Å²) in [6.07, 6.45) is 3.41. The van der Waals surface area contributed by atoms with E-state index in [9.17, 15) is 4.79 Å². The van der Waals surface area contributed by atoms with E-state index in [0.717, 1.165) is 36.8 Å². The molecule has 0 amide bonds. The Morgan fingerprint density at radius 1 is 0.871 bits per heavy atom. The zero-order valence-corrected chi connectivity index (χ0v) is 19.1. The Morgan fingerprint density at radius 2 is 1.39 bits per heavy atom. The second-order valence-electron chi connectivity index (χ2n) is 8.80. The summed E-state index contributed by atoms with van der Waals surface area (Å²) < 4.78 is 14.1. The number of carbonyl (C=O) groups is 1. The summed E-state index contributed by atoms with van der Waals surface area (Å²) in [6, 6.07) is 21.6. The van der Waals surface area contributed by atoms with Crippen LogP contribution in [-0.2, 0) is 4.74 Å². The van der Waals surface area contributed by atoms with Crippen LogP contribution in [0.15, 0.2) is 60.7 Å². The molecule has 0 unspecified atom stereocenters. The number of hydrogen-bond acceptors (Lipinski definition) is 3. The van der Waals surface area contributed by atoms with Crippen molar-refractivity contribution in [3.05, 3.63) is 71.8 Å².